The molecule has 2 aromatic rings. The number of para-hydroxylation sites is 1. The van der Waals surface area contributed by atoms with Crippen LogP contribution in [0.15, 0.2) is 40.8 Å². The van der Waals surface area contributed by atoms with Gasteiger partial charge in [-0.3, -0.25) is 5.43 Å². The van der Waals surface area contributed by atoms with Gasteiger partial charge in [-0.15, -0.1) is 11.3 Å². The molecule has 16 heavy (non-hydrogen) atoms. The minimum Gasteiger partial charge on any atom is -0.277 e. The molecule has 0 saturated heterocycles. The van der Waals surface area contributed by atoms with Gasteiger partial charge in [-0.05, 0) is 36.1 Å². The summed E-state index contributed by atoms with van der Waals surface area (Å²) in [7, 11) is 0. The van der Waals surface area contributed by atoms with E-state index in [0.29, 0.717) is 5.02 Å². The molecule has 1 aromatic carbocycles. The molecule has 0 bridgehead atoms. The van der Waals surface area contributed by atoms with E-state index < -0.39 is 0 Å². The van der Waals surface area contributed by atoms with E-state index in [1.807, 2.05) is 35.9 Å². The second-order valence-electron chi connectivity index (χ2n) is 3.32. The average Bonchev–Trinajstić information content (AvgIpc) is 2.67. The van der Waals surface area contributed by atoms with E-state index in [0.717, 1.165) is 10.6 Å². The Kier molecular flexibility index (Phi) is 3.59. The summed E-state index contributed by atoms with van der Waals surface area (Å²) in [5.41, 5.74) is 4.97. The van der Waals surface area contributed by atoms with Gasteiger partial charge in [-0.1, -0.05) is 23.7 Å². The van der Waals surface area contributed by atoms with Gasteiger partial charge in [0, 0.05) is 4.88 Å². The van der Waals surface area contributed by atoms with Crippen molar-refractivity contribution in [3.05, 3.63) is 51.2 Å². The third kappa shape index (κ3) is 2.62. The fourth-order valence-corrected chi connectivity index (χ4v) is 2.19. The van der Waals surface area contributed by atoms with Gasteiger partial charge in [0.15, 0.2) is 0 Å². The first kappa shape index (κ1) is 11.2. The summed E-state index contributed by atoms with van der Waals surface area (Å²) in [5, 5.41) is 6.87. The van der Waals surface area contributed by atoms with Gasteiger partial charge in [0.1, 0.15) is 0 Å². The van der Waals surface area contributed by atoms with Gasteiger partial charge in [0.25, 0.3) is 0 Å². The Labute approximate surface area is 104 Å². The number of rotatable bonds is 3. The normalized spacial score (nSPS) is 10.9. The molecule has 1 N–H and O–H groups in total. The summed E-state index contributed by atoms with van der Waals surface area (Å²) in [4.78, 5) is 1.15. The van der Waals surface area contributed by atoms with Crippen molar-refractivity contribution in [2.45, 2.75) is 6.92 Å². The van der Waals surface area contributed by atoms with Crippen molar-refractivity contribution in [2.75, 3.05) is 5.43 Å². The summed E-state index contributed by atoms with van der Waals surface area (Å²) in [6.45, 7) is 2.06. The molecule has 0 spiro atoms. The lowest BCUT2D eigenvalue weighted by atomic mass is 10.3. The molecule has 0 fully saturated rings. The fourth-order valence-electron chi connectivity index (χ4n) is 1.23. The van der Waals surface area contributed by atoms with Crippen LogP contribution in [-0.4, -0.2) is 6.21 Å². The quantitative estimate of drug-likeness (QED) is 0.642. The maximum atomic E-state index is 5.98. The maximum absolute atomic E-state index is 5.98. The molecule has 0 amide bonds. The van der Waals surface area contributed by atoms with Crippen LogP contribution in [0.4, 0.5) is 5.69 Å². The Balaban J connectivity index is 2.06. The van der Waals surface area contributed by atoms with Crippen molar-refractivity contribution in [3.63, 3.8) is 0 Å². The molecular weight excluding hydrogens is 240 g/mol. The highest BCUT2D eigenvalue weighted by molar-refractivity contribution is 7.11. The summed E-state index contributed by atoms with van der Waals surface area (Å²) < 4.78 is 0. The predicted molar refractivity (Wildman–Crippen MR) is 71.7 cm³/mol. The molecule has 0 saturated carbocycles. The van der Waals surface area contributed by atoms with Crippen LogP contribution in [0, 0.1) is 6.92 Å². The zero-order valence-electron chi connectivity index (χ0n) is 8.77. The lowest BCUT2D eigenvalue weighted by Gasteiger charge is -2.01. The number of hydrazone groups is 1. The number of hydrogen-bond acceptors (Lipinski definition) is 3. The molecule has 4 heteroatoms. The van der Waals surface area contributed by atoms with E-state index in [2.05, 4.69) is 23.5 Å². The minimum absolute atomic E-state index is 0.669. The SMILES string of the molecule is Cc1ccsc1/C=N\Nc1ccccc1Cl. The maximum Gasteiger partial charge on any atom is 0.0748 e. The third-order valence-corrected chi connectivity index (χ3v) is 3.43. The number of halogens is 1. The van der Waals surface area contributed by atoms with E-state index in [4.69, 9.17) is 11.6 Å². The number of hydrogen-bond donors (Lipinski definition) is 1. The highest BCUT2D eigenvalue weighted by Gasteiger charge is 1.96. The van der Waals surface area contributed by atoms with Crippen LogP contribution in [0.5, 0.6) is 0 Å². The Bertz CT molecular complexity index is 505. The smallest absolute Gasteiger partial charge is 0.0748 e. The number of benzene rings is 1. The number of thiophene rings is 1. The monoisotopic (exact) mass is 250 g/mol. The summed E-state index contributed by atoms with van der Waals surface area (Å²) in [6, 6.07) is 9.60. The molecule has 1 aromatic heterocycles. The highest BCUT2D eigenvalue weighted by Crippen LogP contribution is 2.20. The Hall–Kier alpha value is -1.32. The zero-order valence-corrected chi connectivity index (χ0v) is 10.3. The van der Waals surface area contributed by atoms with Crippen LogP contribution < -0.4 is 5.43 Å². The molecule has 0 aliphatic rings. The molecule has 2 nitrogen and oxygen atoms in total. The molecular formula is C12H11ClN2S. The minimum atomic E-state index is 0.669. The lowest BCUT2D eigenvalue weighted by molar-refractivity contribution is 1.35. The lowest BCUT2D eigenvalue weighted by Crippen LogP contribution is -1.90. The topological polar surface area (TPSA) is 24.4 Å². The summed E-state index contributed by atoms with van der Waals surface area (Å²) in [6.07, 6.45) is 1.81. The average molecular weight is 251 g/mol. The van der Waals surface area contributed by atoms with E-state index in [1.165, 1.54) is 5.56 Å². The van der Waals surface area contributed by atoms with E-state index in [9.17, 15) is 0 Å². The van der Waals surface area contributed by atoms with Crippen molar-refractivity contribution in [1.29, 1.82) is 0 Å². The molecule has 0 radical (unpaired) electrons. The Morgan fingerprint density at radius 2 is 2.12 bits per heavy atom. The first-order chi connectivity index (χ1) is 7.77. The molecule has 2 rings (SSSR count). The number of anilines is 1. The first-order valence-corrected chi connectivity index (χ1v) is 6.11. The van der Waals surface area contributed by atoms with Crippen molar-refractivity contribution < 1.29 is 0 Å². The second kappa shape index (κ2) is 5.14. The fraction of sp³-hybridized carbons (Fsp3) is 0.0833. The van der Waals surface area contributed by atoms with Crippen LogP contribution >= 0.6 is 22.9 Å². The largest absolute Gasteiger partial charge is 0.277 e. The van der Waals surface area contributed by atoms with E-state index >= 15 is 0 Å². The van der Waals surface area contributed by atoms with Crippen molar-refractivity contribution in [3.8, 4) is 0 Å². The standard InChI is InChI=1S/C12H11ClN2S/c1-9-6-7-16-12(9)8-14-15-11-5-3-2-4-10(11)13/h2-8,15H,1H3/b14-8-. The molecule has 0 aliphatic carbocycles. The Morgan fingerprint density at radius 3 is 2.81 bits per heavy atom. The molecule has 0 aliphatic heterocycles. The van der Waals surface area contributed by atoms with E-state index in [-0.39, 0.29) is 0 Å². The van der Waals surface area contributed by atoms with Gasteiger partial charge < -0.3 is 0 Å². The molecule has 0 atom stereocenters. The van der Waals surface area contributed by atoms with E-state index in [1.54, 1.807) is 11.3 Å². The van der Waals surface area contributed by atoms with Gasteiger partial charge in [-0.25, -0.2) is 0 Å². The number of nitrogens with zero attached hydrogens (tertiary/aromatic N) is 1. The predicted octanol–water partition coefficient (Wildman–Crippen LogP) is 4.16. The first-order valence-electron chi connectivity index (χ1n) is 4.85. The summed E-state index contributed by atoms with van der Waals surface area (Å²) >= 11 is 7.65. The van der Waals surface area contributed by atoms with Crippen LogP contribution in [0.25, 0.3) is 0 Å². The van der Waals surface area contributed by atoms with Gasteiger partial charge >= 0.3 is 0 Å². The molecule has 82 valence electrons. The highest BCUT2D eigenvalue weighted by atomic mass is 35.5. The van der Waals surface area contributed by atoms with Crippen LogP contribution in [-0.2, 0) is 0 Å². The van der Waals surface area contributed by atoms with Crippen molar-refractivity contribution in [1.82, 2.24) is 0 Å². The van der Waals surface area contributed by atoms with Gasteiger partial charge in [-0.2, -0.15) is 5.10 Å². The summed E-state index contributed by atoms with van der Waals surface area (Å²) in [5.74, 6) is 0. The third-order valence-electron chi connectivity index (χ3n) is 2.14. The zero-order chi connectivity index (χ0) is 11.4. The van der Waals surface area contributed by atoms with Crippen LogP contribution in [0.2, 0.25) is 5.02 Å². The van der Waals surface area contributed by atoms with Crippen molar-refractivity contribution >= 4 is 34.8 Å². The van der Waals surface area contributed by atoms with Crippen LogP contribution in [0.1, 0.15) is 10.4 Å². The van der Waals surface area contributed by atoms with Crippen LogP contribution in [0.3, 0.4) is 0 Å². The Morgan fingerprint density at radius 1 is 1.31 bits per heavy atom. The van der Waals surface area contributed by atoms with Crippen molar-refractivity contribution in [2.24, 2.45) is 5.10 Å². The van der Waals surface area contributed by atoms with Gasteiger partial charge in [0.05, 0.1) is 16.9 Å². The second-order valence-corrected chi connectivity index (χ2v) is 4.67. The molecule has 0 unspecified atom stereocenters. The number of aryl methyl sites for hydroxylation is 1. The molecule has 1 heterocycles. The number of nitrogens with one attached hydrogen (secondary N) is 1. The van der Waals surface area contributed by atoms with Gasteiger partial charge in [0.2, 0.25) is 0 Å².